The van der Waals surface area contributed by atoms with Gasteiger partial charge in [0, 0.05) is 24.5 Å². The van der Waals surface area contributed by atoms with Gasteiger partial charge in [-0.05, 0) is 54.5 Å². The van der Waals surface area contributed by atoms with Crippen molar-refractivity contribution in [2.45, 2.75) is 65.5 Å². The fourth-order valence-electron chi connectivity index (χ4n) is 3.30. The normalized spacial score (nSPS) is 12.3. The van der Waals surface area contributed by atoms with Gasteiger partial charge < -0.3 is 10.2 Å². The molecule has 4 nitrogen and oxygen atoms in total. The summed E-state index contributed by atoms with van der Waals surface area (Å²) in [6.07, 6.45) is 0.983. The SMILES string of the molecule is CCNC(=O)C(C)N(Cc1cccc(Cl)c1)C(=O)CCc1ccc(C(C)(C)C)cc1. The molecule has 1 unspecified atom stereocenters. The maximum atomic E-state index is 13.1. The Labute approximate surface area is 185 Å². The summed E-state index contributed by atoms with van der Waals surface area (Å²) < 4.78 is 0. The molecule has 2 rings (SSSR count). The lowest BCUT2D eigenvalue weighted by atomic mass is 9.86. The van der Waals surface area contributed by atoms with E-state index in [0.717, 1.165) is 11.1 Å². The van der Waals surface area contributed by atoms with Gasteiger partial charge in [-0.1, -0.05) is 68.8 Å². The number of carbonyl (C=O) groups excluding carboxylic acids is 2. The Morgan fingerprint density at radius 3 is 2.30 bits per heavy atom. The smallest absolute Gasteiger partial charge is 0.242 e. The van der Waals surface area contributed by atoms with Gasteiger partial charge in [-0.2, -0.15) is 0 Å². The van der Waals surface area contributed by atoms with Crippen molar-refractivity contribution in [3.8, 4) is 0 Å². The van der Waals surface area contributed by atoms with Gasteiger partial charge in [-0.25, -0.2) is 0 Å². The van der Waals surface area contributed by atoms with Gasteiger partial charge in [-0.15, -0.1) is 0 Å². The first-order valence-corrected chi connectivity index (χ1v) is 10.9. The van der Waals surface area contributed by atoms with E-state index in [9.17, 15) is 9.59 Å². The molecular weight excluding hydrogens is 396 g/mol. The van der Waals surface area contributed by atoms with E-state index in [2.05, 4.69) is 50.4 Å². The van der Waals surface area contributed by atoms with Gasteiger partial charge in [0.25, 0.3) is 0 Å². The number of aryl methyl sites for hydroxylation is 1. The average molecular weight is 429 g/mol. The van der Waals surface area contributed by atoms with Crippen molar-refractivity contribution in [1.82, 2.24) is 10.2 Å². The lowest BCUT2D eigenvalue weighted by Gasteiger charge is -2.29. The van der Waals surface area contributed by atoms with Gasteiger partial charge in [-0.3, -0.25) is 9.59 Å². The summed E-state index contributed by atoms with van der Waals surface area (Å²) in [6, 6.07) is 15.3. The third-order valence-corrected chi connectivity index (χ3v) is 5.44. The fourth-order valence-corrected chi connectivity index (χ4v) is 3.52. The van der Waals surface area contributed by atoms with E-state index in [1.807, 2.05) is 25.1 Å². The van der Waals surface area contributed by atoms with Crippen molar-refractivity contribution < 1.29 is 9.59 Å². The number of hydrogen-bond donors (Lipinski definition) is 1. The average Bonchev–Trinajstić information content (AvgIpc) is 2.69. The zero-order valence-corrected chi connectivity index (χ0v) is 19.4. The summed E-state index contributed by atoms with van der Waals surface area (Å²) in [7, 11) is 0. The Hall–Kier alpha value is -2.33. The largest absolute Gasteiger partial charge is 0.355 e. The molecule has 30 heavy (non-hydrogen) atoms. The Kier molecular flexibility index (Phi) is 8.48. The topological polar surface area (TPSA) is 49.4 Å². The number of rotatable bonds is 8. The number of nitrogens with zero attached hydrogens (tertiary/aromatic N) is 1. The van der Waals surface area contributed by atoms with Crippen LogP contribution in [0.4, 0.5) is 0 Å². The second kappa shape index (κ2) is 10.6. The van der Waals surface area contributed by atoms with Crippen LogP contribution in [0.15, 0.2) is 48.5 Å². The fraction of sp³-hybridized carbons (Fsp3) is 0.440. The molecule has 0 aliphatic carbocycles. The summed E-state index contributed by atoms with van der Waals surface area (Å²) in [6.45, 7) is 11.1. The number of amides is 2. The molecule has 1 N–H and O–H groups in total. The van der Waals surface area contributed by atoms with Crippen molar-refractivity contribution in [2.75, 3.05) is 6.54 Å². The molecule has 2 aromatic rings. The Morgan fingerprint density at radius 1 is 1.07 bits per heavy atom. The first-order valence-electron chi connectivity index (χ1n) is 10.5. The molecule has 2 amide bonds. The highest BCUT2D eigenvalue weighted by molar-refractivity contribution is 6.30. The standard InChI is InChI=1S/C25H33ClN2O2/c1-6-27-24(30)18(2)28(17-20-8-7-9-22(26)16-20)23(29)15-12-19-10-13-21(14-11-19)25(3,4)5/h7-11,13-14,16,18H,6,12,15,17H2,1-5H3,(H,27,30). The lowest BCUT2D eigenvalue weighted by Crippen LogP contribution is -2.47. The van der Waals surface area contributed by atoms with Crippen LogP contribution in [0.5, 0.6) is 0 Å². The molecule has 2 aromatic carbocycles. The molecule has 0 aromatic heterocycles. The van der Waals surface area contributed by atoms with Gasteiger partial charge in [0.05, 0.1) is 0 Å². The molecular formula is C25H33ClN2O2. The zero-order valence-electron chi connectivity index (χ0n) is 18.7. The van der Waals surface area contributed by atoms with Crippen LogP contribution in [0.25, 0.3) is 0 Å². The van der Waals surface area contributed by atoms with Crippen LogP contribution >= 0.6 is 11.6 Å². The third-order valence-electron chi connectivity index (χ3n) is 5.21. The van der Waals surface area contributed by atoms with E-state index in [1.54, 1.807) is 17.9 Å². The molecule has 0 aliphatic rings. The first-order chi connectivity index (χ1) is 14.1. The van der Waals surface area contributed by atoms with E-state index in [1.165, 1.54) is 5.56 Å². The van der Waals surface area contributed by atoms with E-state index < -0.39 is 6.04 Å². The van der Waals surface area contributed by atoms with Crippen molar-refractivity contribution in [1.29, 1.82) is 0 Å². The van der Waals surface area contributed by atoms with Gasteiger partial charge in [0.15, 0.2) is 0 Å². The van der Waals surface area contributed by atoms with Crippen LogP contribution < -0.4 is 5.32 Å². The number of benzene rings is 2. The van der Waals surface area contributed by atoms with Crippen molar-refractivity contribution in [3.63, 3.8) is 0 Å². The quantitative estimate of drug-likeness (QED) is 0.634. The van der Waals surface area contributed by atoms with Crippen LogP contribution in [0, 0.1) is 0 Å². The zero-order chi connectivity index (χ0) is 22.3. The molecule has 0 saturated heterocycles. The van der Waals surface area contributed by atoms with Gasteiger partial charge in [0.1, 0.15) is 6.04 Å². The second-order valence-corrected chi connectivity index (χ2v) is 9.11. The maximum Gasteiger partial charge on any atom is 0.242 e. The van der Waals surface area contributed by atoms with Gasteiger partial charge in [0.2, 0.25) is 11.8 Å². The minimum Gasteiger partial charge on any atom is -0.355 e. The van der Waals surface area contributed by atoms with Crippen LogP contribution in [-0.4, -0.2) is 29.3 Å². The minimum absolute atomic E-state index is 0.0476. The summed E-state index contributed by atoms with van der Waals surface area (Å²) >= 11 is 6.10. The highest BCUT2D eigenvalue weighted by atomic mass is 35.5. The number of carbonyl (C=O) groups is 2. The van der Waals surface area contributed by atoms with Crippen molar-refractivity contribution in [3.05, 3.63) is 70.2 Å². The molecule has 0 radical (unpaired) electrons. The summed E-state index contributed by atoms with van der Waals surface area (Å²) in [5, 5.41) is 3.43. The summed E-state index contributed by atoms with van der Waals surface area (Å²) in [4.78, 5) is 27.2. The number of halogens is 1. The maximum absolute atomic E-state index is 13.1. The van der Waals surface area contributed by atoms with Gasteiger partial charge >= 0.3 is 0 Å². The first kappa shape index (κ1) is 23.9. The molecule has 0 aliphatic heterocycles. The molecule has 0 bridgehead atoms. The highest BCUT2D eigenvalue weighted by Crippen LogP contribution is 2.23. The number of nitrogens with one attached hydrogen (secondary N) is 1. The van der Waals surface area contributed by atoms with E-state index >= 15 is 0 Å². The highest BCUT2D eigenvalue weighted by Gasteiger charge is 2.25. The monoisotopic (exact) mass is 428 g/mol. The summed E-state index contributed by atoms with van der Waals surface area (Å²) in [5.74, 6) is -0.198. The molecule has 0 heterocycles. The predicted molar refractivity (Wildman–Crippen MR) is 124 cm³/mol. The Balaban J connectivity index is 2.12. The van der Waals surface area contributed by atoms with Crippen molar-refractivity contribution in [2.24, 2.45) is 0 Å². The van der Waals surface area contributed by atoms with Crippen molar-refractivity contribution >= 4 is 23.4 Å². The van der Waals surface area contributed by atoms with E-state index in [0.29, 0.717) is 31.0 Å². The molecule has 5 heteroatoms. The molecule has 0 spiro atoms. The van der Waals surface area contributed by atoms with Crippen LogP contribution in [0.2, 0.25) is 5.02 Å². The Bertz CT molecular complexity index is 856. The minimum atomic E-state index is -0.556. The second-order valence-electron chi connectivity index (χ2n) is 8.67. The Morgan fingerprint density at radius 2 is 1.73 bits per heavy atom. The summed E-state index contributed by atoms with van der Waals surface area (Å²) in [5.41, 5.74) is 3.39. The lowest BCUT2D eigenvalue weighted by molar-refractivity contribution is -0.140. The molecule has 0 saturated carbocycles. The predicted octanol–water partition coefficient (Wildman–Crippen LogP) is 5.12. The third kappa shape index (κ3) is 6.88. The molecule has 162 valence electrons. The molecule has 0 fully saturated rings. The number of likely N-dealkylation sites (N-methyl/N-ethyl adjacent to an activating group) is 1. The van der Waals surface area contributed by atoms with Crippen LogP contribution in [0.1, 0.15) is 57.7 Å². The number of hydrogen-bond acceptors (Lipinski definition) is 2. The van der Waals surface area contributed by atoms with Crippen LogP contribution in [0.3, 0.4) is 0 Å². The van der Waals surface area contributed by atoms with Crippen LogP contribution in [-0.2, 0) is 28.0 Å². The van der Waals surface area contributed by atoms with E-state index in [-0.39, 0.29) is 17.2 Å². The molecule has 1 atom stereocenters. The van der Waals surface area contributed by atoms with E-state index in [4.69, 9.17) is 11.6 Å².